The van der Waals surface area contributed by atoms with Crippen LogP contribution in [0.1, 0.15) is 23.2 Å². The fraction of sp³-hybridized carbons (Fsp3) is 0.385. The van der Waals surface area contributed by atoms with E-state index in [2.05, 4.69) is 0 Å². The molecule has 1 saturated heterocycles. The molecule has 2 rings (SSSR count). The van der Waals surface area contributed by atoms with Crippen LogP contribution in [0, 0.1) is 11.3 Å². The zero-order valence-corrected chi connectivity index (χ0v) is 9.73. The maximum Gasteiger partial charge on any atom is 0.253 e. The van der Waals surface area contributed by atoms with Crippen LogP contribution in [0.2, 0.25) is 0 Å². The van der Waals surface area contributed by atoms with Crippen LogP contribution < -0.4 is 5.73 Å². The van der Waals surface area contributed by atoms with E-state index >= 15 is 0 Å². The Morgan fingerprint density at radius 3 is 2.35 bits per heavy atom. The molecule has 1 heterocycles. The number of rotatable bonds is 2. The molecule has 0 unspecified atom stereocenters. The number of amidine groups is 1. The normalized spacial score (nSPS) is 16.8. The van der Waals surface area contributed by atoms with Gasteiger partial charge in [-0.05, 0) is 25.0 Å². The average molecular weight is 231 g/mol. The first-order valence-corrected chi connectivity index (χ1v) is 5.86. The molecule has 0 bridgehead atoms. The molecule has 1 fully saturated rings. The maximum atomic E-state index is 12.1. The van der Waals surface area contributed by atoms with E-state index in [1.807, 2.05) is 35.2 Å². The highest BCUT2D eigenvalue weighted by Gasteiger charge is 2.24. The van der Waals surface area contributed by atoms with Crippen LogP contribution in [-0.4, -0.2) is 29.7 Å². The van der Waals surface area contributed by atoms with E-state index < -0.39 is 0 Å². The lowest BCUT2D eigenvalue weighted by Gasteiger charge is -2.31. The molecule has 4 heteroatoms. The summed E-state index contributed by atoms with van der Waals surface area (Å²) in [6.07, 6.45) is 1.60. The summed E-state index contributed by atoms with van der Waals surface area (Å²) in [6, 6.07) is 9.31. The fourth-order valence-corrected chi connectivity index (χ4v) is 2.16. The van der Waals surface area contributed by atoms with E-state index in [1.54, 1.807) is 0 Å². The Morgan fingerprint density at radius 1 is 1.24 bits per heavy atom. The monoisotopic (exact) mass is 231 g/mol. The minimum Gasteiger partial charge on any atom is -0.387 e. The molecular formula is C13H17N3O. The number of nitrogens with two attached hydrogens (primary N) is 1. The Kier molecular flexibility index (Phi) is 3.42. The lowest BCUT2D eigenvalue weighted by atomic mass is 9.95. The third-order valence-electron chi connectivity index (χ3n) is 3.24. The number of nitrogens with one attached hydrogen (secondary N) is 1. The van der Waals surface area contributed by atoms with Crippen molar-refractivity contribution in [2.75, 3.05) is 13.1 Å². The highest BCUT2D eigenvalue weighted by Crippen LogP contribution is 2.18. The highest BCUT2D eigenvalue weighted by atomic mass is 16.2. The van der Waals surface area contributed by atoms with E-state index in [-0.39, 0.29) is 17.7 Å². The van der Waals surface area contributed by atoms with Gasteiger partial charge in [0, 0.05) is 24.6 Å². The van der Waals surface area contributed by atoms with Crippen molar-refractivity contribution in [2.45, 2.75) is 12.8 Å². The molecule has 0 radical (unpaired) electrons. The molecule has 0 aromatic heterocycles. The van der Waals surface area contributed by atoms with Crippen LogP contribution in [0.25, 0.3) is 0 Å². The van der Waals surface area contributed by atoms with Gasteiger partial charge in [0.25, 0.3) is 5.91 Å². The van der Waals surface area contributed by atoms with E-state index in [9.17, 15) is 4.79 Å². The summed E-state index contributed by atoms with van der Waals surface area (Å²) in [5, 5.41) is 7.40. The molecule has 0 saturated carbocycles. The van der Waals surface area contributed by atoms with Crippen molar-refractivity contribution in [1.82, 2.24) is 4.90 Å². The summed E-state index contributed by atoms with van der Waals surface area (Å²) >= 11 is 0. The van der Waals surface area contributed by atoms with Gasteiger partial charge in [-0.1, -0.05) is 18.2 Å². The second-order valence-corrected chi connectivity index (χ2v) is 4.39. The van der Waals surface area contributed by atoms with Crippen LogP contribution in [0.15, 0.2) is 30.3 Å². The van der Waals surface area contributed by atoms with Crippen molar-refractivity contribution in [1.29, 1.82) is 5.41 Å². The smallest absolute Gasteiger partial charge is 0.253 e. The number of amides is 1. The van der Waals surface area contributed by atoms with Crippen LogP contribution >= 0.6 is 0 Å². The molecule has 1 aromatic carbocycles. The van der Waals surface area contributed by atoms with Crippen LogP contribution in [-0.2, 0) is 0 Å². The average Bonchev–Trinajstić information content (AvgIpc) is 2.39. The Bertz CT molecular complexity index is 408. The SMILES string of the molecule is N=C(N)C1CCN(C(=O)c2ccccc2)CC1. The molecule has 3 N–H and O–H groups in total. The number of carbonyl (C=O) groups is 1. The number of piperidine rings is 1. The van der Waals surface area contributed by atoms with Gasteiger partial charge in [0.05, 0.1) is 5.84 Å². The second kappa shape index (κ2) is 4.99. The van der Waals surface area contributed by atoms with Crippen molar-refractivity contribution in [3.63, 3.8) is 0 Å². The molecule has 1 amide bonds. The first kappa shape index (κ1) is 11.6. The van der Waals surface area contributed by atoms with Crippen molar-refractivity contribution in [3.05, 3.63) is 35.9 Å². The Hall–Kier alpha value is -1.84. The second-order valence-electron chi connectivity index (χ2n) is 4.39. The Morgan fingerprint density at radius 2 is 1.82 bits per heavy atom. The van der Waals surface area contributed by atoms with Gasteiger partial charge in [-0.2, -0.15) is 0 Å². The van der Waals surface area contributed by atoms with Gasteiger partial charge in [-0.3, -0.25) is 10.2 Å². The van der Waals surface area contributed by atoms with Crippen molar-refractivity contribution in [3.8, 4) is 0 Å². The first-order valence-electron chi connectivity index (χ1n) is 5.86. The quantitative estimate of drug-likeness (QED) is 0.597. The van der Waals surface area contributed by atoms with Gasteiger partial charge in [-0.15, -0.1) is 0 Å². The lowest BCUT2D eigenvalue weighted by Crippen LogP contribution is -2.41. The molecular weight excluding hydrogens is 214 g/mol. The molecule has 0 spiro atoms. The minimum absolute atomic E-state index is 0.0765. The largest absolute Gasteiger partial charge is 0.387 e. The number of benzene rings is 1. The molecule has 1 aromatic rings. The number of carbonyl (C=O) groups excluding carboxylic acids is 1. The van der Waals surface area contributed by atoms with Gasteiger partial charge in [0.1, 0.15) is 0 Å². The van der Waals surface area contributed by atoms with Gasteiger partial charge in [0.15, 0.2) is 0 Å². The standard InChI is InChI=1S/C13H17N3O/c14-12(15)10-6-8-16(9-7-10)13(17)11-4-2-1-3-5-11/h1-5,10H,6-9H2,(H3,14,15). The van der Waals surface area contributed by atoms with Gasteiger partial charge >= 0.3 is 0 Å². The summed E-state index contributed by atoms with van der Waals surface area (Å²) in [4.78, 5) is 14.0. The first-order chi connectivity index (χ1) is 8.18. The van der Waals surface area contributed by atoms with E-state index in [0.717, 1.165) is 18.4 Å². The van der Waals surface area contributed by atoms with Crippen LogP contribution in [0.5, 0.6) is 0 Å². The predicted molar refractivity (Wildman–Crippen MR) is 67.0 cm³/mol. The van der Waals surface area contributed by atoms with Gasteiger partial charge < -0.3 is 10.6 Å². The number of hydrogen-bond acceptors (Lipinski definition) is 2. The van der Waals surface area contributed by atoms with E-state index in [0.29, 0.717) is 13.1 Å². The Labute approximate surface area is 101 Å². The summed E-state index contributed by atoms with van der Waals surface area (Å²) in [6.45, 7) is 1.38. The van der Waals surface area contributed by atoms with Crippen molar-refractivity contribution in [2.24, 2.45) is 11.7 Å². The molecule has 0 atom stereocenters. The molecule has 90 valence electrons. The molecule has 4 nitrogen and oxygen atoms in total. The van der Waals surface area contributed by atoms with Gasteiger partial charge in [-0.25, -0.2) is 0 Å². The third-order valence-corrected chi connectivity index (χ3v) is 3.24. The zero-order chi connectivity index (χ0) is 12.3. The Balaban J connectivity index is 1.98. The number of nitrogens with zero attached hydrogens (tertiary/aromatic N) is 1. The van der Waals surface area contributed by atoms with Crippen molar-refractivity contribution >= 4 is 11.7 Å². The lowest BCUT2D eigenvalue weighted by molar-refractivity contribution is 0.0709. The van der Waals surface area contributed by atoms with E-state index in [1.165, 1.54) is 0 Å². The van der Waals surface area contributed by atoms with Crippen molar-refractivity contribution < 1.29 is 4.79 Å². The highest BCUT2D eigenvalue weighted by molar-refractivity contribution is 5.94. The number of hydrogen-bond donors (Lipinski definition) is 2. The van der Waals surface area contributed by atoms with E-state index in [4.69, 9.17) is 11.1 Å². The summed E-state index contributed by atoms with van der Waals surface area (Å²) in [5.74, 6) is 0.472. The topological polar surface area (TPSA) is 70.2 Å². The molecule has 1 aliphatic heterocycles. The zero-order valence-electron chi connectivity index (χ0n) is 9.73. The summed E-state index contributed by atoms with van der Waals surface area (Å²) in [7, 11) is 0. The fourth-order valence-electron chi connectivity index (χ4n) is 2.16. The van der Waals surface area contributed by atoms with Crippen LogP contribution in [0.3, 0.4) is 0 Å². The third kappa shape index (κ3) is 2.64. The predicted octanol–water partition coefficient (Wildman–Crippen LogP) is 1.47. The molecule has 17 heavy (non-hydrogen) atoms. The molecule has 0 aliphatic carbocycles. The summed E-state index contributed by atoms with van der Waals surface area (Å²) < 4.78 is 0. The number of likely N-dealkylation sites (tertiary alicyclic amines) is 1. The van der Waals surface area contributed by atoms with Gasteiger partial charge in [0.2, 0.25) is 0 Å². The maximum absolute atomic E-state index is 12.1. The molecule has 1 aliphatic rings. The summed E-state index contributed by atoms with van der Waals surface area (Å²) in [5.41, 5.74) is 6.21. The minimum atomic E-state index is 0.0765. The van der Waals surface area contributed by atoms with Crippen LogP contribution in [0.4, 0.5) is 0 Å².